The summed E-state index contributed by atoms with van der Waals surface area (Å²) < 4.78 is 6.06. The number of benzene rings is 2. The number of ether oxygens (including phenoxy) is 1. The Morgan fingerprint density at radius 1 is 0.926 bits per heavy atom. The maximum Gasteiger partial charge on any atom is 0.115 e. The van der Waals surface area contributed by atoms with Crippen molar-refractivity contribution in [3.05, 3.63) is 65.7 Å². The summed E-state index contributed by atoms with van der Waals surface area (Å²) in [6, 6.07) is 18.5. The molecule has 2 saturated heterocycles. The van der Waals surface area contributed by atoms with Crippen molar-refractivity contribution in [1.29, 1.82) is 0 Å². The van der Waals surface area contributed by atoms with E-state index in [2.05, 4.69) is 46.2 Å². The fourth-order valence-corrected chi connectivity index (χ4v) is 4.39. The second-order valence-corrected chi connectivity index (χ2v) is 7.88. The van der Waals surface area contributed by atoms with Crippen LogP contribution in [0, 0.1) is 0 Å². The topological polar surface area (TPSA) is 35.9 Å². The third-order valence-corrected chi connectivity index (χ3v) is 5.86. The SMILES string of the molecule is Oc1cccc(C2CCN(CC3CN(Cc4ccccc4)CCO3)CC2)c1. The average Bonchev–Trinajstić information content (AvgIpc) is 2.70. The number of aromatic hydroxyl groups is 1. The van der Waals surface area contributed by atoms with Crippen LogP contribution in [0.2, 0.25) is 0 Å². The largest absolute Gasteiger partial charge is 0.508 e. The third-order valence-electron chi connectivity index (χ3n) is 5.86. The fraction of sp³-hybridized carbons (Fsp3) is 0.478. The van der Waals surface area contributed by atoms with Crippen molar-refractivity contribution in [2.45, 2.75) is 31.4 Å². The van der Waals surface area contributed by atoms with Crippen molar-refractivity contribution in [3.63, 3.8) is 0 Å². The molecule has 0 radical (unpaired) electrons. The van der Waals surface area contributed by atoms with Crippen LogP contribution in [0.1, 0.15) is 29.9 Å². The number of rotatable bonds is 5. The minimum atomic E-state index is 0.305. The van der Waals surface area contributed by atoms with Gasteiger partial charge in [-0.1, -0.05) is 42.5 Å². The zero-order chi connectivity index (χ0) is 18.5. The molecule has 0 bridgehead atoms. The third kappa shape index (κ3) is 5.10. The molecule has 4 nitrogen and oxygen atoms in total. The minimum absolute atomic E-state index is 0.305. The van der Waals surface area contributed by atoms with Crippen LogP contribution in [-0.2, 0) is 11.3 Å². The lowest BCUT2D eigenvalue weighted by Gasteiger charge is -2.38. The Morgan fingerprint density at radius 2 is 1.74 bits per heavy atom. The predicted molar refractivity (Wildman–Crippen MR) is 108 cm³/mol. The molecule has 0 aliphatic carbocycles. The molecular weight excluding hydrogens is 336 g/mol. The molecule has 0 amide bonds. The van der Waals surface area contributed by atoms with Crippen LogP contribution < -0.4 is 0 Å². The number of phenolic OH excluding ortho intramolecular Hbond substituents is 1. The van der Waals surface area contributed by atoms with Crippen LogP contribution in [0.3, 0.4) is 0 Å². The molecular formula is C23H30N2O2. The summed E-state index contributed by atoms with van der Waals surface area (Å²) in [5.41, 5.74) is 2.66. The molecule has 2 aromatic rings. The van der Waals surface area contributed by atoms with Gasteiger partial charge in [0.05, 0.1) is 12.7 Å². The van der Waals surface area contributed by atoms with Gasteiger partial charge in [-0.2, -0.15) is 0 Å². The number of phenols is 1. The highest BCUT2D eigenvalue weighted by molar-refractivity contribution is 5.30. The maximum absolute atomic E-state index is 9.71. The Morgan fingerprint density at radius 3 is 2.52 bits per heavy atom. The molecule has 1 N–H and O–H groups in total. The first-order chi connectivity index (χ1) is 13.3. The Kier molecular flexibility index (Phi) is 6.07. The molecule has 1 unspecified atom stereocenters. The van der Waals surface area contributed by atoms with Crippen molar-refractivity contribution in [2.24, 2.45) is 0 Å². The smallest absolute Gasteiger partial charge is 0.115 e. The molecule has 4 rings (SSSR count). The zero-order valence-electron chi connectivity index (χ0n) is 16.0. The molecule has 2 aliphatic rings. The molecule has 2 heterocycles. The highest BCUT2D eigenvalue weighted by Gasteiger charge is 2.26. The van der Waals surface area contributed by atoms with Gasteiger partial charge in [-0.3, -0.25) is 4.90 Å². The summed E-state index contributed by atoms with van der Waals surface area (Å²) in [4.78, 5) is 5.07. The lowest BCUT2D eigenvalue weighted by atomic mass is 9.89. The fourth-order valence-electron chi connectivity index (χ4n) is 4.39. The normalized spacial score (nSPS) is 22.7. The van der Waals surface area contributed by atoms with Gasteiger partial charge in [-0.25, -0.2) is 0 Å². The lowest BCUT2D eigenvalue weighted by Crippen LogP contribution is -2.48. The number of hydrogen-bond acceptors (Lipinski definition) is 4. The number of likely N-dealkylation sites (tertiary alicyclic amines) is 1. The quantitative estimate of drug-likeness (QED) is 0.879. The molecule has 0 spiro atoms. The summed E-state index contributed by atoms with van der Waals surface area (Å²) in [6.45, 7) is 7.12. The van der Waals surface area contributed by atoms with Crippen LogP contribution in [0.4, 0.5) is 0 Å². The first-order valence-corrected chi connectivity index (χ1v) is 10.2. The highest BCUT2D eigenvalue weighted by Crippen LogP contribution is 2.30. The monoisotopic (exact) mass is 366 g/mol. The number of nitrogens with zero attached hydrogens (tertiary/aromatic N) is 2. The van der Waals surface area contributed by atoms with Gasteiger partial charge in [0.2, 0.25) is 0 Å². The molecule has 1 atom stereocenters. The average molecular weight is 367 g/mol. The zero-order valence-corrected chi connectivity index (χ0v) is 16.0. The molecule has 0 aromatic heterocycles. The second-order valence-electron chi connectivity index (χ2n) is 7.88. The molecule has 144 valence electrons. The van der Waals surface area contributed by atoms with Crippen LogP contribution >= 0.6 is 0 Å². The lowest BCUT2D eigenvalue weighted by molar-refractivity contribution is -0.0482. The van der Waals surface area contributed by atoms with E-state index in [1.165, 1.54) is 11.1 Å². The molecule has 2 aliphatic heterocycles. The van der Waals surface area contributed by atoms with E-state index in [1.54, 1.807) is 6.07 Å². The summed E-state index contributed by atoms with van der Waals surface area (Å²) in [6.07, 6.45) is 2.62. The first kappa shape index (κ1) is 18.5. The number of hydrogen-bond donors (Lipinski definition) is 1. The summed E-state index contributed by atoms with van der Waals surface area (Å²) in [5.74, 6) is 0.944. The van der Waals surface area contributed by atoms with Crippen molar-refractivity contribution in [2.75, 3.05) is 39.3 Å². The molecule has 2 fully saturated rings. The summed E-state index contributed by atoms with van der Waals surface area (Å²) in [5, 5.41) is 9.71. The van der Waals surface area contributed by atoms with Gasteiger partial charge in [-0.05, 0) is 55.1 Å². The van der Waals surface area contributed by atoms with Crippen molar-refractivity contribution in [1.82, 2.24) is 9.80 Å². The van der Waals surface area contributed by atoms with E-state index < -0.39 is 0 Å². The second kappa shape index (κ2) is 8.87. The van der Waals surface area contributed by atoms with E-state index >= 15 is 0 Å². The molecule has 27 heavy (non-hydrogen) atoms. The van der Waals surface area contributed by atoms with Crippen LogP contribution in [0.5, 0.6) is 5.75 Å². The maximum atomic E-state index is 9.71. The molecule has 2 aromatic carbocycles. The van der Waals surface area contributed by atoms with Gasteiger partial charge in [0.1, 0.15) is 5.75 Å². The Bertz CT molecular complexity index is 713. The molecule has 4 heteroatoms. The Balaban J connectivity index is 1.25. The van der Waals surface area contributed by atoms with E-state index in [9.17, 15) is 5.11 Å². The van der Waals surface area contributed by atoms with Gasteiger partial charge in [0.25, 0.3) is 0 Å². The van der Waals surface area contributed by atoms with Crippen molar-refractivity contribution >= 4 is 0 Å². The predicted octanol–water partition coefficient (Wildman–Crippen LogP) is 3.47. The standard InChI is InChI=1S/C23H30N2O2/c26-22-8-4-7-21(15-22)20-9-11-24(12-10-20)17-23-18-25(13-14-27-23)16-19-5-2-1-3-6-19/h1-8,15,20,23,26H,9-14,16-18H2. The van der Waals surface area contributed by atoms with Crippen LogP contribution in [-0.4, -0.2) is 60.3 Å². The summed E-state index contributed by atoms with van der Waals surface area (Å²) in [7, 11) is 0. The van der Waals surface area contributed by atoms with E-state index in [4.69, 9.17) is 4.74 Å². The minimum Gasteiger partial charge on any atom is -0.508 e. The Labute approximate surface area is 162 Å². The Hall–Kier alpha value is -1.88. The van der Waals surface area contributed by atoms with E-state index in [1.807, 2.05) is 12.1 Å². The van der Waals surface area contributed by atoms with E-state index in [0.717, 1.165) is 58.7 Å². The van der Waals surface area contributed by atoms with E-state index in [-0.39, 0.29) is 0 Å². The van der Waals surface area contributed by atoms with Crippen molar-refractivity contribution in [3.8, 4) is 5.75 Å². The van der Waals surface area contributed by atoms with Gasteiger partial charge in [-0.15, -0.1) is 0 Å². The van der Waals surface area contributed by atoms with Crippen LogP contribution in [0.15, 0.2) is 54.6 Å². The number of morpholine rings is 1. The number of piperidine rings is 1. The van der Waals surface area contributed by atoms with Gasteiger partial charge >= 0.3 is 0 Å². The summed E-state index contributed by atoms with van der Waals surface area (Å²) >= 11 is 0. The highest BCUT2D eigenvalue weighted by atomic mass is 16.5. The van der Waals surface area contributed by atoms with Crippen LogP contribution in [0.25, 0.3) is 0 Å². The molecule has 0 saturated carbocycles. The first-order valence-electron chi connectivity index (χ1n) is 10.2. The van der Waals surface area contributed by atoms with E-state index in [0.29, 0.717) is 17.8 Å². The van der Waals surface area contributed by atoms with Gasteiger partial charge in [0.15, 0.2) is 0 Å². The van der Waals surface area contributed by atoms with Gasteiger partial charge in [0, 0.05) is 26.2 Å². The van der Waals surface area contributed by atoms with Gasteiger partial charge < -0.3 is 14.7 Å². The van der Waals surface area contributed by atoms with Crippen molar-refractivity contribution < 1.29 is 9.84 Å².